The number of amides is 1. The summed E-state index contributed by atoms with van der Waals surface area (Å²) in [6, 6.07) is 17.8. The van der Waals surface area contributed by atoms with Gasteiger partial charge in [0.25, 0.3) is 5.91 Å². The highest BCUT2D eigenvalue weighted by atomic mass is 16.5. The van der Waals surface area contributed by atoms with E-state index >= 15 is 0 Å². The number of benzene rings is 2. The molecule has 4 rings (SSSR count). The number of nitrogens with zero attached hydrogens (tertiary/aromatic N) is 3. The van der Waals surface area contributed by atoms with Crippen LogP contribution in [0.3, 0.4) is 0 Å². The van der Waals surface area contributed by atoms with Crippen molar-refractivity contribution in [3.05, 3.63) is 65.2 Å². The normalized spacial score (nSPS) is 22.4. The zero-order valence-corrected chi connectivity index (χ0v) is 21.5. The number of piperazine rings is 1. The van der Waals surface area contributed by atoms with Gasteiger partial charge in [0.15, 0.2) is 0 Å². The highest BCUT2D eigenvalue weighted by molar-refractivity contribution is 5.94. The fraction of sp³-hybridized carbons (Fsp3) is 0.552. The Morgan fingerprint density at radius 3 is 2.32 bits per heavy atom. The third-order valence-corrected chi connectivity index (χ3v) is 7.62. The Hall–Kier alpha value is -2.37. The van der Waals surface area contributed by atoms with Gasteiger partial charge in [0, 0.05) is 50.4 Å². The maximum absolute atomic E-state index is 12.9. The Bertz CT molecular complexity index is 952. The molecule has 1 aliphatic carbocycles. The molecule has 2 aromatic carbocycles. The lowest BCUT2D eigenvalue weighted by Crippen LogP contribution is -2.57. The first-order valence-corrected chi connectivity index (χ1v) is 13.0. The van der Waals surface area contributed by atoms with E-state index in [0.717, 1.165) is 43.4 Å². The van der Waals surface area contributed by atoms with Gasteiger partial charge in [-0.2, -0.15) is 0 Å². The van der Waals surface area contributed by atoms with Crippen LogP contribution in [0.1, 0.15) is 68.1 Å². The summed E-state index contributed by atoms with van der Waals surface area (Å²) >= 11 is 0. The van der Waals surface area contributed by atoms with Gasteiger partial charge in [0.1, 0.15) is 5.75 Å². The molecule has 5 nitrogen and oxygen atoms in total. The van der Waals surface area contributed by atoms with Crippen molar-refractivity contribution in [2.45, 2.75) is 58.7 Å². The molecule has 2 aliphatic rings. The van der Waals surface area contributed by atoms with Crippen LogP contribution in [0.4, 0.5) is 0 Å². The smallest absolute Gasteiger partial charge is 0.253 e. The van der Waals surface area contributed by atoms with Crippen LogP contribution in [0.2, 0.25) is 0 Å². The molecule has 0 bridgehead atoms. The van der Waals surface area contributed by atoms with E-state index in [1.165, 1.54) is 30.5 Å². The monoisotopic (exact) mass is 463 g/mol. The lowest BCUT2D eigenvalue weighted by molar-refractivity contribution is 0.0216. The molecule has 34 heavy (non-hydrogen) atoms. The first kappa shape index (κ1) is 24.7. The highest BCUT2D eigenvalue weighted by Gasteiger charge is 2.37. The van der Waals surface area contributed by atoms with E-state index in [0.29, 0.717) is 12.1 Å². The molecular weight excluding hydrogens is 422 g/mol. The Morgan fingerprint density at radius 2 is 1.71 bits per heavy atom. The second-order valence-electron chi connectivity index (χ2n) is 10.1. The van der Waals surface area contributed by atoms with Gasteiger partial charge < -0.3 is 9.64 Å². The SMILES string of the molecule is CCN(CC)C(=O)c1ccc(C(c2cccc(OC)c2)N2C[C@@H](C)N(CC3CC3)C[C@@H]2C)cc1. The number of hydrogen-bond donors (Lipinski definition) is 0. The minimum absolute atomic E-state index is 0.102. The molecule has 0 spiro atoms. The zero-order valence-electron chi connectivity index (χ0n) is 21.5. The van der Waals surface area contributed by atoms with Crippen LogP contribution in [-0.2, 0) is 0 Å². The molecule has 1 amide bonds. The van der Waals surface area contributed by atoms with Crippen molar-refractivity contribution in [2.75, 3.05) is 39.8 Å². The van der Waals surface area contributed by atoms with Gasteiger partial charge in [-0.1, -0.05) is 24.3 Å². The summed E-state index contributed by atoms with van der Waals surface area (Å²) in [5.41, 5.74) is 3.21. The third-order valence-electron chi connectivity index (χ3n) is 7.62. The zero-order chi connectivity index (χ0) is 24.2. The summed E-state index contributed by atoms with van der Waals surface area (Å²) in [6.07, 6.45) is 2.79. The highest BCUT2D eigenvalue weighted by Crippen LogP contribution is 2.36. The van der Waals surface area contributed by atoms with Crippen LogP contribution in [0.15, 0.2) is 48.5 Å². The predicted molar refractivity (Wildman–Crippen MR) is 138 cm³/mol. The van der Waals surface area contributed by atoms with E-state index in [4.69, 9.17) is 4.74 Å². The molecule has 1 saturated heterocycles. The van der Waals surface area contributed by atoms with Crippen molar-refractivity contribution in [3.63, 3.8) is 0 Å². The molecule has 0 N–H and O–H groups in total. The van der Waals surface area contributed by atoms with Crippen LogP contribution in [0, 0.1) is 5.92 Å². The van der Waals surface area contributed by atoms with Crippen molar-refractivity contribution in [1.82, 2.24) is 14.7 Å². The largest absolute Gasteiger partial charge is 0.497 e. The molecule has 5 heteroatoms. The quantitative estimate of drug-likeness (QED) is 0.520. The van der Waals surface area contributed by atoms with Crippen LogP contribution in [0.25, 0.3) is 0 Å². The third kappa shape index (κ3) is 5.47. The van der Waals surface area contributed by atoms with Gasteiger partial charge >= 0.3 is 0 Å². The van der Waals surface area contributed by atoms with E-state index in [1.807, 2.05) is 36.9 Å². The van der Waals surface area contributed by atoms with Crippen LogP contribution < -0.4 is 4.74 Å². The summed E-state index contributed by atoms with van der Waals surface area (Å²) in [7, 11) is 1.73. The molecule has 2 aromatic rings. The van der Waals surface area contributed by atoms with Crippen molar-refractivity contribution in [3.8, 4) is 5.75 Å². The first-order chi connectivity index (χ1) is 16.4. The molecule has 3 atom stereocenters. The maximum Gasteiger partial charge on any atom is 0.253 e. The number of methoxy groups -OCH3 is 1. The van der Waals surface area contributed by atoms with Gasteiger partial charge in [-0.15, -0.1) is 0 Å². The Labute approximate surface area is 205 Å². The van der Waals surface area contributed by atoms with Gasteiger partial charge in [0.05, 0.1) is 13.2 Å². The average Bonchev–Trinajstić information content (AvgIpc) is 3.67. The maximum atomic E-state index is 12.9. The van der Waals surface area contributed by atoms with Crippen molar-refractivity contribution in [1.29, 1.82) is 0 Å². The van der Waals surface area contributed by atoms with E-state index < -0.39 is 0 Å². The summed E-state index contributed by atoms with van der Waals surface area (Å²) < 4.78 is 5.57. The second kappa shape index (κ2) is 10.9. The minimum atomic E-state index is 0.102. The van der Waals surface area contributed by atoms with Crippen LogP contribution in [-0.4, -0.2) is 72.5 Å². The summed E-state index contributed by atoms with van der Waals surface area (Å²) in [5, 5.41) is 0. The number of carbonyl (C=O) groups is 1. The summed E-state index contributed by atoms with van der Waals surface area (Å²) in [6.45, 7) is 13.6. The van der Waals surface area contributed by atoms with Crippen LogP contribution in [0.5, 0.6) is 5.75 Å². The van der Waals surface area contributed by atoms with E-state index in [1.54, 1.807) is 7.11 Å². The first-order valence-electron chi connectivity index (χ1n) is 13.0. The molecule has 1 heterocycles. The van der Waals surface area contributed by atoms with Gasteiger partial charge in [-0.25, -0.2) is 0 Å². The summed E-state index contributed by atoms with van der Waals surface area (Å²) in [4.78, 5) is 20.1. The number of carbonyl (C=O) groups excluding carboxylic acids is 1. The molecule has 0 radical (unpaired) electrons. The fourth-order valence-electron chi connectivity index (χ4n) is 5.36. The molecule has 0 aromatic heterocycles. The van der Waals surface area contributed by atoms with Crippen molar-refractivity contribution >= 4 is 5.91 Å². The van der Waals surface area contributed by atoms with Gasteiger partial charge in [-0.3, -0.25) is 14.6 Å². The lowest BCUT2D eigenvalue weighted by Gasteiger charge is -2.48. The molecule has 1 unspecified atom stereocenters. The van der Waals surface area contributed by atoms with Gasteiger partial charge in [0.2, 0.25) is 0 Å². The number of ether oxygens (including phenoxy) is 1. The van der Waals surface area contributed by atoms with E-state index in [2.05, 4.69) is 54.0 Å². The van der Waals surface area contributed by atoms with Crippen LogP contribution >= 0.6 is 0 Å². The molecule has 184 valence electrons. The van der Waals surface area contributed by atoms with Gasteiger partial charge in [-0.05, 0) is 81.8 Å². The standard InChI is InChI=1S/C29H41N3O2/c1-6-30(7-2)29(33)25-15-13-24(14-16-25)28(26-9-8-10-27(17-26)34-5)32-19-21(3)31(18-22(32)4)20-23-11-12-23/h8-10,13-17,21-23,28H,6-7,11-12,18-20H2,1-5H3/t21-,22+,28?/m1/s1. The number of hydrogen-bond acceptors (Lipinski definition) is 4. The molecule has 1 saturated carbocycles. The average molecular weight is 464 g/mol. The Morgan fingerprint density at radius 1 is 1.00 bits per heavy atom. The van der Waals surface area contributed by atoms with Crippen molar-refractivity contribution in [2.24, 2.45) is 5.92 Å². The fourth-order valence-corrected chi connectivity index (χ4v) is 5.36. The minimum Gasteiger partial charge on any atom is -0.497 e. The van der Waals surface area contributed by atoms with E-state index in [-0.39, 0.29) is 11.9 Å². The van der Waals surface area contributed by atoms with Crippen molar-refractivity contribution < 1.29 is 9.53 Å². The molecule has 1 aliphatic heterocycles. The molecular formula is C29H41N3O2. The lowest BCUT2D eigenvalue weighted by atomic mass is 9.92. The Kier molecular flexibility index (Phi) is 7.95. The Balaban J connectivity index is 1.64. The second-order valence-corrected chi connectivity index (χ2v) is 10.1. The number of rotatable bonds is 9. The molecule has 2 fully saturated rings. The van der Waals surface area contributed by atoms with E-state index in [9.17, 15) is 4.79 Å². The topological polar surface area (TPSA) is 36.0 Å². The summed E-state index contributed by atoms with van der Waals surface area (Å²) in [5.74, 6) is 1.89. The predicted octanol–water partition coefficient (Wildman–Crippen LogP) is 5.07.